The van der Waals surface area contributed by atoms with Gasteiger partial charge in [0, 0.05) is 36.1 Å². The Hall–Kier alpha value is -2.24. The maximum absolute atomic E-state index is 12.4. The fourth-order valence-electron chi connectivity index (χ4n) is 6.41. The Balaban J connectivity index is 1.51. The molecule has 2 saturated carbocycles. The monoisotopic (exact) mass is 528 g/mol. The summed E-state index contributed by atoms with van der Waals surface area (Å²) in [6.07, 6.45) is 15.5. The largest absolute Gasteiger partial charge is 0.508 e. The number of carbonyl (C=O) groups is 2. The Kier molecular flexibility index (Phi) is 10.9. The zero-order valence-corrected chi connectivity index (χ0v) is 24.3. The SMILES string of the molecule is CC(C)(CCCC(=O)NC1CCCCC1)c1cc(O)c(C(C)(C)CCCC(=O)NC2CCCCC2)cc1O. The van der Waals surface area contributed by atoms with Crippen molar-refractivity contribution < 1.29 is 19.8 Å². The molecule has 0 aliphatic heterocycles. The summed E-state index contributed by atoms with van der Waals surface area (Å²) in [4.78, 5) is 24.8. The average molecular weight is 529 g/mol. The Morgan fingerprint density at radius 3 is 1.37 bits per heavy atom. The molecule has 1 aromatic carbocycles. The van der Waals surface area contributed by atoms with E-state index in [9.17, 15) is 19.8 Å². The van der Waals surface area contributed by atoms with Crippen molar-refractivity contribution in [1.29, 1.82) is 0 Å². The third-order valence-corrected chi connectivity index (χ3v) is 8.92. The molecule has 0 bridgehead atoms. The van der Waals surface area contributed by atoms with Crippen LogP contribution in [-0.2, 0) is 20.4 Å². The van der Waals surface area contributed by atoms with Crippen molar-refractivity contribution in [1.82, 2.24) is 10.6 Å². The van der Waals surface area contributed by atoms with E-state index in [2.05, 4.69) is 38.3 Å². The van der Waals surface area contributed by atoms with Crippen LogP contribution < -0.4 is 10.6 Å². The second-order valence-corrected chi connectivity index (χ2v) is 13.2. The minimum absolute atomic E-state index is 0.115. The second kappa shape index (κ2) is 13.7. The third kappa shape index (κ3) is 8.91. The van der Waals surface area contributed by atoms with Crippen LogP contribution in [0.5, 0.6) is 11.5 Å². The molecule has 4 N–H and O–H groups in total. The van der Waals surface area contributed by atoms with Gasteiger partial charge in [-0.3, -0.25) is 9.59 Å². The van der Waals surface area contributed by atoms with Gasteiger partial charge in [-0.25, -0.2) is 0 Å². The summed E-state index contributed by atoms with van der Waals surface area (Å²) in [5.41, 5.74) is 0.641. The van der Waals surface area contributed by atoms with E-state index in [0.717, 1.165) is 51.4 Å². The van der Waals surface area contributed by atoms with Gasteiger partial charge < -0.3 is 20.8 Å². The molecule has 3 rings (SSSR count). The molecule has 6 nitrogen and oxygen atoms in total. The Bertz CT molecular complexity index is 852. The van der Waals surface area contributed by atoms with Crippen LogP contribution in [0.15, 0.2) is 12.1 Å². The molecule has 0 spiro atoms. The molecule has 2 aliphatic carbocycles. The molecule has 2 aliphatic rings. The smallest absolute Gasteiger partial charge is 0.220 e. The maximum atomic E-state index is 12.4. The first-order valence-corrected chi connectivity index (χ1v) is 15.1. The molecular formula is C32H52N2O4. The molecule has 0 atom stereocenters. The highest BCUT2D eigenvalue weighted by Crippen LogP contribution is 2.43. The van der Waals surface area contributed by atoms with Crippen molar-refractivity contribution in [3.63, 3.8) is 0 Å². The number of nitrogens with one attached hydrogen (secondary N) is 2. The van der Waals surface area contributed by atoms with Crippen molar-refractivity contribution in [2.75, 3.05) is 0 Å². The summed E-state index contributed by atoms with van der Waals surface area (Å²) in [5.74, 6) is 0.587. The number of amides is 2. The molecule has 0 unspecified atom stereocenters. The Morgan fingerprint density at radius 2 is 1.03 bits per heavy atom. The van der Waals surface area contributed by atoms with E-state index in [1.165, 1.54) is 38.5 Å². The quantitative estimate of drug-likeness (QED) is 0.222. The van der Waals surface area contributed by atoms with Crippen LogP contribution in [0.4, 0.5) is 0 Å². The number of aromatic hydroxyl groups is 2. The zero-order chi connectivity index (χ0) is 27.8. The first-order valence-electron chi connectivity index (χ1n) is 15.1. The Morgan fingerprint density at radius 1 is 0.684 bits per heavy atom. The lowest BCUT2D eigenvalue weighted by Crippen LogP contribution is -2.36. The molecule has 2 amide bonds. The van der Waals surface area contributed by atoms with E-state index >= 15 is 0 Å². The predicted molar refractivity (Wildman–Crippen MR) is 154 cm³/mol. The van der Waals surface area contributed by atoms with Crippen LogP contribution in [0.1, 0.15) is 142 Å². The molecule has 1 aromatic rings. The number of hydrogen-bond acceptors (Lipinski definition) is 4. The van der Waals surface area contributed by atoms with Crippen LogP contribution in [0.3, 0.4) is 0 Å². The van der Waals surface area contributed by atoms with E-state index in [-0.39, 0.29) is 34.1 Å². The normalized spacial score (nSPS) is 17.8. The van der Waals surface area contributed by atoms with E-state index in [1.807, 2.05) is 0 Å². The van der Waals surface area contributed by atoms with Crippen LogP contribution in [0.2, 0.25) is 0 Å². The highest BCUT2D eigenvalue weighted by Gasteiger charge is 2.30. The molecule has 0 radical (unpaired) electrons. The van der Waals surface area contributed by atoms with Crippen LogP contribution in [0, 0.1) is 0 Å². The molecule has 0 saturated heterocycles. The molecular weight excluding hydrogens is 476 g/mol. The first-order chi connectivity index (χ1) is 18.0. The van der Waals surface area contributed by atoms with Gasteiger partial charge in [0.1, 0.15) is 11.5 Å². The van der Waals surface area contributed by atoms with Crippen molar-refractivity contribution in [3.8, 4) is 11.5 Å². The van der Waals surface area contributed by atoms with Gasteiger partial charge in [0.25, 0.3) is 0 Å². The lowest BCUT2D eigenvalue weighted by atomic mass is 9.75. The van der Waals surface area contributed by atoms with Crippen LogP contribution in [-0.4, -0.2) is 34.1 Å². The number of phenolic OH excluding ortho intramolecular Hbond substituents is 2. The van der Waals surface area contributed by atoms with Gasteiger partial charge in [-0.1, -0.05) is 66.2 Å². The summed E-state index contributed by atoms with van der Waals surface area (Å²) in [5, 5.41) is 28.3. The van der Waals surface area contributed by atoms with E-state index in [0.29, 0.717) is 36.1 Å². The number of benzene rings is 1. The van der Waals surface area contributed by atoms with E-state index < -0.39 is 0 Å². The lowest BCUT2D eigenvalue weighted by Gasteiger charge is -2.31. The fourth-order valence-corrected chi connectivity index (χ4v) is 6.41. The van der Waals surface area contributed by atoms with Crippen molar-refractivity contribution in [2.45, 2.75) is 153 Å². The lowest BCUT2D eigenvalue weighted by molar-refractivity contribution is -0.123. The number of hydrogen-bond donors (Lipinski definition) is 4. The molecule has 0 heterocycles. The van der Waals surface area contributed by atoms with Crippen molar-refractivity contribution >= 4 is 11.8 Å². The molecule has 2 fully saturated rings. The summed E-state index contributed by atoms with van der Waals surface area (Å²) in [6.45, 7) is 8.21. The molecule has 6 heteroatoms. The van der Waals surface area contributed by atoms with Crippen LogP contribution >= 0.6 is 0 Å². The maximum Gasteiger partial charge on any atom is 0.220 e. The van der Waals surface area contributed by atoms with E-state index in [1.54, 1.807) is 12.1 Å². The fraction of sp³-hybridized carbons (Fsp3) is 0.750. The van der Waals surface area contributed by atoms with Crippen molar-refractivity contribution in [2.24, 2.45) is 0 Å². The number of carbonyl (C=O) groups excluding carboxylic acids is 2. The number of phenols is 2. The molecule has 214 valence electrons. The van der Waals surface area contributed by atoms with E-state index in [4.69, 9.17) is 0 Å². The summed E-state index contributed by atoms with van der Waals surface area (Å²) in [7, 11) is 0. The first kappa shape index (κ1) is 30.3. The average Bonchev–Trinajstić information content (AvgIpc) is 2.86. The number of rotatable bonds is 12. The minimum Gasteiger partial charge on any atom is -0.508 e. The van der Waals surface area contributed by atoms with Crippen LogP contribution in [0.25, 0.3) is 0 Å². The standard InChI is InChI=1S/C32H52N2O4/c1-31(2,19-11-17-29(37)33-23-13-7-5-8-14-23)25-21-28(36)26(22-27(25)35)32(3,4)20-12-18-30(38)34-24-15-9-6-10-16-24/h21-24,35-36H,5-20H2,1-4H3,(H,33,37)(H,34,38). The molecule has 38 heavy (non-hydrogen) atoms. The molecule has 0 aromatic heterocycles. The van der Waals surface area contributed by atoms with Gasteiger partial charge in [-0.05, 0) is 74.3 Å². The van der Waals surface area contributed by atoms with Gasteiger partial charge in [0.2, 0.25) is 11.8 Å². The topological polar surface area (TPSA) is 98.7 Å². The van der Waals surface area contributed by atoms with Gasteiger partial charge in [-0.2, -0.15) is 0 Å². The second-order valence-electron chi connectivity index (χ2n) is 13.2. The third-order valence-electron chi connectivity index (χ3n) is 8.92. The van der Waals surface area contributed by atoms with Crippen molar-refractivity contribution in [3.05, 3.63) is 23.3 Å². The minimum atomic E-state index is -0.382. The predicted octanol–water partition coefficient (Wildman–Crippen LogP) is 6.89. The van der Waals surface area contributed by atoms with Gasteiger partial charge in [0.05, 0.1) is 0 Å². The highest BCUT2D eigenvalue weighted by atomic mass is 16.3. The van der Waals surface area contributed by atoms with Gasteiger partial charge in [-0.15, -0.1) is 0 Å². The highest BCUT2D eigenvalue weighted by molar-refractivity contribution is 5.76. The Labute approximate surface area is 230 Å². The van der Waals surface area contributed by atoms with Gasteiger partial charge >= 0.3 is 0 Å². The summed E-state index contributed by atoms with van der Waals surface area (Å²) in [6, 6.07) is 4.05. The summed E-state index contributed by atoms with van der Waals surface area (Å²) < 4.78 is 0. The van der Waals surface area contributed by atoms with Gasteiger partial charge in [0.15, 0.2) is 0 Å². The summed E-state index contributed by atoms with van der Waals surface area (Å²) >= 11 is 0. The zero-order valence-electron chi connectivity index (χ0n) is 24.3.